The Morgan fingerprint density at radius 2 is 2.00 bits per heavy atom. The molecule has 0 radical (unpaired) electrons. The molecule has 4 N–H and O–H groups in total. The number of aliphatic hydroxyl groups is 1. The summed E-state index contributed by atoms with van der Waals surface area (Å²) in [7, 11) is 0. The number of rotatable bonds is 5. The third kappa shape index (κ3) is 3.65. The van der Waals surface area contributed by atoms with Gasteiger partial charge < -0.3 is 21.1 Å². The molecule has 4 atom stereocenters. The van der Waals surface area contributed by atoms with Gasteiger partial charge in [-0.1, -0.05) is 13.0 Å². The highest BCUT2D eigenvalue weighted by atomic mass is 16.3. The van der Waals surface area contributed by atoms with Crippen LogP contribution in [-0.4, -0.2) is 27.9 Å². The minimum Gasteiger partial charge on any atom is -0.387 e. The van der Waals surface area contributed by atoms with E-state index in [1.54, 1.807) is 32.0 Å². The lowest BCUT2D eigenvalue weighted by atomic mass is 9.79. The van der Waals surface area contributed by atoms with Gasteiger partial charge in [0.05, 0.1) is 17.8 Å². The van der Waals surface area contributed by atoms with Crippen LogP contribution in [0.3, 0.4) is 0 Å². The van der Waals surface area contributed by atoms with Crippen molar-refractivity contribution in [3.63, 3.8) is 0 Å². The quantitative estimate of drug-likeness (QED) is 0.704. The van der Waals surface area contributed by atoms with Gasteiger partial charge in [0.15, 0.2) is 0 Å². The van der Waals surface area contributed by atoms with Crippen molar-refractivity contribution in [3.05, 3.63) is 53.2 Å². The summed E-state index contributed by atoms with van der Waals surface area (Å²) in [6, 6.07) is 10.7. The van der Waals surface area contributed by atoms with E-state index < -0.39 is 12.0 Å². The molecule has 0 saturated heterocycles. The summed E-state index contributed by atoms with van der Waals surface area (Å²) in [6.45, 7) is 5.40. The van der Waals surface area contributed by atoms with Crippen LogP contribution in [0, 0.1) is 11.8 Å². The van der Waals surface area contributed by atoms with Crippen molar-refractivity contribution < 1.29 is 14.7 Å². The monoisotopic (exact) mass is 408 g/mol. The van der Waals surface area contributed by atoms with Gasteiger partial charge in [-0.15, -0.1) is 0 Å². The normalized spacial score (nSPS) is 24.1. The number of carbonyl (C=O) groups is 2. The zero-order chi connectivity index (χ0) is 21.6. The summed E-state index contributed by atoms with van der Waals surface area (Å²) < 4.78 is 0. The number of amides is 2. The number of aliphatic hydroxyl groups excluding tert-OH is 1. The Labute approximate surface area is 176 Å². The summed E-state index contributed by atoms with van der Waals surface area (Å²) in [5.41, 5.74) is 8.19. The molecule has 0 unspecified atom stereocenters. The van der Waals surface area contributed by atoms with Crippen LogP contribution in [0.5, 0.6) is 0 Å². The van der Waals surface area contributed by atoms with Crippen LogP contribution in [0.25, 0.3) is 0 Å². The Balaban J connectivity index is 1.81. The van der Waals surface area contributed by atoms with Gasteiger partial charge in [0.25, 0.3) is 0 Å². The second kappa shape index (κ2) is 7.72. The Morgan fingerprint density at radius 3 is 2.60 bits per heavy atom. The lowest BCUT2D eigenvalue weighted by Crippen LogP contribution is -2.51. The molecule has 1 aliphatic carbocycles. The van der Waals surface area contributed by atoms with Gasteiger partial charge >= 0.3 is 0 Å². The summed E-state index contributed by atoms with van der Waals surface area (Å²) >= 11 is 0. The number of aromatic nitrogens is 1. The molecule has 4 rings (SSSR count). The number of pyridine rings is 1. The zero-order valence-corrected chi connectivity index (χ0v) is 17.5. The van der Waals surface area contributed by atoms with E-state index in [1.807, 2.05) is 23.1 Å². The first-order chi connectivity index (χ1) is 14.3. The van der Waals surface area contributed by atoms with E-state index in [-0.39, 0.29) is 23.9 Å². The maximum absolute atomic E-state index is 12.6. The molecular weight excluding hydrogens is 380 g/mol. The fourth-order valence-electron chi connectivity index (χ4n) is 4.64. The predicted octanol–water partition coefficient (Wildman–Crippen LogP) is 3.17. The van der Waals surface area contributed by atoms with Crippen molar-refractivity contribution in [1.82, 2.24) is 4.98 Å². The van der Waals surface area contributed by atoms with E-state index >= 15 is 0 Å². The molecule has 1 fully saturated rings. The maximum atomic E-state index is 12.6. The van der Waals surface area contributed by atoms with Crippen molar-refractivity contribution >= 4 is 23.3 Å². The van der Waals surface area contributed by atoms with Crippen LogP contribution in [0.2, 0.25) is 0 Å². The summed E-state index contributed by atoms with van der Waals surface area (Å²) in [4.78, 5) is 30.9. The van der Waals surface area contributed by atoms with Crippen molar-refractivity contribution in [2.75, 3.05) is 10.2 Å². The summed E-state index contributed by atoms with van der Waals surface area (Å²) in [5, 5.41) is 13.4. The van der Waals surface area contributed by atoms with Crippen LogP contribution >= 0.6 is 0 Å². The molecule has 0 spiro atoms. The van der Waals surface area contributed by atoms with E-state index in [1.165, 1.54) is 0 Å². The summed E-state index contributed by atoms with van der Waals surface area (Å²) in [5.74, 6) is 0.700. The average molecular weight is 409 g/mol. The lowest BCUT2D eigenvalue weighted by Gasteiger charge is -2.46. The molecule has 2 heterocycles. The van der Waals surface area contributed by atoms with Crippen LogP contribution in [0.15, 0.2) is 36.4 Å². The number of benzene rings is 1. The highest BCUT2D eigenvalue weighted by Crippen LogP contribution is 2.50. The molecule has 2 amide bonds. The lowest BCUT2D eigenvalue weighted by molar-refractivity contribution is -0.117. The number of nitrogens with zero attached hydrogens (tertiary/aromatic N) is 2. The number of hydrogen-bond donors (Lipinski definition) is 3. The molecule has 1 aromatic heterocycles. The van der Waals surface area contributed by atoms with E-state index in [2.05, 4.69) is 17.2 Å². The number of carbonyl (C=O) groups excluding carboxylic acids is 2. The first-order valence-electron chi connectivity index (χ1n) is 10.4. The number of hydrogen-bond acceptors (Lipinski definition) is 5. The molecule has 7 heteroatoms. The van der Waals surface area contributed by atoms with Gasteiger partial charge in [0, 0.05) is 30.1 Å². The Morgan fingerprint density at radius 1 is 1.27 bits per heavy atom. The third-order valence-corrected chi connectivity index (χ3v) is 6.22. The van der Waals surface area contributed by atoms with Crippen molar-refractivity contribution in [1.29, 1.82) is 0 Å². The molecule has 30 heavy (non-hydrogen) atoms. The van der Waals surface area contributed by atoms with Gasteiger partial charge in [0.2, 0.25) is 11.8 Å². The van der Waals surface area contributed by atoms with E-state index in [9.17, 15) is 14.7 Å². The van der Waals surface area contributed by atoms with Gasteiger partial charge in [-0.2, -0.15) is 0 Å². The molecule has 1 aliphatic heterocycles. The van der Waals surface area contributed by atoms with Crippen LogP contribution in [0.4, 0.5) is 11.5 Å². The van der Waals surface area contributed by atoms with Gasteiger partial charge in [-0.3, -0.25) is 9.59 Å². The van der Waals surface area contributed by atoms with Crippen molar-refractivity contribution in [3.8, 4) is 0 Å². The fraction of sp³-hybridized carbons (Fsp3) is 0.435. The largest absolute Gasteiger partial charge is 0.387 e. The van der Waals surface area contributed by atoms with Crippen LogP contribution < -0.4 is 16.0 Å². The van der Waals surface area contributed by atoms with Crippen molar-refractivity contribution in [2.24, 2.45) is 17.6 Å². The predicted molar refractivity (Wildman–Crippen MR) is 115 cm³/mol. The molecule has 0 bridgehead atoms. The van der Waals surface area contributed by atoms with E-state index in [4.69, 9.17) is 5.73 Å². The number of fused-ring (bicyclic) bond motifs is 1. The molecule has 158 valence electrons. The topological polar surface area (TPSA) is 109 Å². The second-order valence-electron chi connectivity index (χ2n) is 8.46. The van der Waals surface area contributed by atoms with Gasteiger partial charge in [-0.25, -0.2) is 4.98 Å². The molecule has 1 aromatic carbocycles. The fourth-order valence-corrected chi connectivity index (χ4v) is 4.64. The molecular formula is C23H28N4O3. The molecule has 7 nitrogen and oxygen atoms in total. The first kappa shape index (κ1) is 20.3. The van der Waals surface area contributed by atoms with E-state index in [0.29, 0.717) is 23.0 Å². The smallest absolute Gasteiger partial charge is 0.248 e. The third-order valence-electron chi connectivity index (χ3n) is 6.22. The highest BCUT2D eigenvalue weighted by molar-refractivity contribution is 5.97. The van der Waals surface area contributed by atoms with Gasteiger partial charge in [-0.05, 0) is 61.6 Å². The highest BCUT2D eigenvalue weighted by Gasteiger charge is 2.47. The minimum atomic E-state index is -0.670. The number of anilines is 2. The molecule has 2 aliphatic rings. The van der Waals surface area contributed by atoms with Crippen molar-refractivity contribution in [2.45, 2.75) is 51.8 Å². The maximum Gasteiger partial charge on any atom is 0.248 e. The second-order valence-corrected chi connectivity index (χ2v) is 8.46. The minimum absolute atomic E-state index is 0.000460. The Bertz CT molecular complexity index is 986. The Kier molecular flexibility index (Phi) is 5.24. The Hall–Kier alpha value is -2.93. The summed E-state index contributed by atoms with van der Waals surface area (Å²) in [6.07, 6.45) is 1.54. The number of primary amides is 1. The molecule has 1 saturated carbocycles. The zero-order valence-electron chi connectivity index (χ0n) is 17.5. The first-order valence-corrected chi connectivity index (χ1v) is 10.4. The SMILES string of the molecule is CC(=O)N1c2ccc(C(N)=O)cc2[C@H](Nc2cccc([C@H](C)O)n2)[C@@H](C)[C@@H]1C1CC1. The number of nitrogens with two attached hydrogens (primary N) is 1. The standard InChI is InChI=1S/C23H28N4O3/c1-12-21(26-20-6-4-5-18(25-20)13(2)28)17-11-16(23(24)30)9-10-19(17)27(14(3)29)22(12)15-7-8-15/h4-6,9-13,15,21-22,28H,7-8H2,1-3H3,(H2,24,30)(H,25,26)/t12-,13+,21-,22-/m1/s1. The van der Waals surface area contributed by atoms with Crippen LogP contribution in [0.1, 0.15) is 67.4 Å². The average Bonchev–Trinajstić information content (AvgIpc) is 3.54. The van der Waals surface area contributed by atoms with Crippen LogP contribution in [-0.2, 0) is 4.79 Å². The van der Waals surface area contributed by atoms with E-state index in [0.717, 1.165) is 24.1 Å². The molecule has 2 aromatic rings. The number of nitrogens with one attached hydrogen (secondary N) is 1. The van der Waals surface area contributed by atoms with Gasteiger partial charge in [0.1, 0.15) is 5.82 Å².